The molecule has 1 N–H and O–H groups in total. The first-order valence-corrected chi connectivity index (χ1v) is 6.07. The normalized spacial score (nSPS) is 23.2. The zero-order valence-corrected chi connectivity index (χ0v) is 10.2. The van der Waals surface area contributed by atoms with E-state index in [1.165, 1.54) is 11.1 Å². The zero-order valence-electron chi connectivity index (χ0n) is 10.2. The van der Waals surface area contributed by atoms with E-state index in [1.807, 2.05) is 0 Å². The van der Waals surface area contributed by atoms with E-state index in [1.54, 1.807) is 13.0 Å². The molecule has 17 heavy (non-hydrogen) atoms. The van der Waals surface area contributed by atoms with Gasteiger partial charge < -0.3 is 4.74 Å². The van der Waals surface area contributed by atoms with Gasteiger partial charge in [-0.3, -0.25) is 14.7 Å². The molecule has 0 bridgehead atoms. The van der Waals surface area contributed by atoms with Crippen LogP contribution in [0.5, 0.6) is 0 Å². The van der Waals surface area contributed by atoms with Crippen molar-refractivity contribution in [2.24, 2.45) is 5.92 Å². The first kappa shape index (κ1) is 12.0. The van der Waals surface area contributed by atoms with Gasteiger partial charge in [0.2, 0.25) is 0 Å². The van der Waals surface area contributed by atoms with Crippen LogP contribution in [0.1, 0.15) is 38.3 Å². The van der Waals surface area contributed by atoms with Crippen LogP contribution in [0.15, 0.2) is 10.9 Å². The summed E-state index contributed by atoms with van der Waals surface area (Å²) in [4.78, 5) is 22.9. The first-order chi connectivity index (χ1) is 8.11. The third-order valence-electron chi connectivity index (χ3n) is 3.42. The number of ether oxygens (including phenoxy) is 1. The Kier molecular flexibility index (Phi) is 3.36. The van der Waals surface area contributed by atoms with Gasteiger partial charge in [0.1, 0.15) is 6.54 Å². The molecule has 0 unspecified atom stereocenters. The molecule has 0 saturated heterocycles. The Morgan fingerprint density at radius 3 is 2.88 bits per heavy atom. The Morgan fingerprint density at radius 2 is 2.35 bits per heavy atom. The lowest BCUT2D eigenvalue weighted by molar-refractivity contribution is -0.144. The van der Waals surface area contributed by atoms with E-state index in [0.717, 1.165) is 12.1 Å². The molecule has 0 aliphatic heterocycles. The topological polar surface area (TPSA) is 64.1 Å². The summed E-state index contributed by atoms with van der Waals surface area (Å²) in [5.74, 6) is 0.667. The minimum Gasteiger partial charge on any atom is -0.465 e. The lowest BCUT2D eigenvalue weighted by atomic mass is 9.73. The third-order valence-corrected chi connectivity index (χ3v) is 3.42. The molecule has 2 atom stereocenters. The number of nitrogens with zero attached hydrogens (tertiary/aromatic N) is 1. The van der Waals surface area contributed by atoms with Crippen LogP contribution in [0.2, 0.25) is 0 Å². The lowest BCUT2D eigenvalue weighted by Gasteiger charge is -2.32. The number of esters is 1. The molecule has 0 amide bonds. The summed E-state index contributed by atoms with van der Waals surface area (Å²) < 4.78 is 6.13. The van der Waals surface area contributed by atoms with Crippen LogP contribution in [-0.2, 0) is 16.1 Å². The molecule has 0 spiro atoms. The molecule has 1 fully saturated rings. The number of aromatic amines is 1. The van der Waals surface area contributed by atoms with Crippen LogP contribution in [-0.4, -0.2) is 22.4 Å². The van der Waals surface area contributed by atoms with Gasteiger partial charge in [0.25, 0.3) is 5.56 Å². The second kappa shape index (κ2) is 4.77. The van der Waals surface area contributed by atoms with Crippen molar-refractivity contribution < 1.29 is 9.53 Å². The minimum absolute atomic E-state index is 0.0340. The molecular formula is C12H18N2O3. The summed E-state index contributed by atoms with van der Waals surface area (Å²) in [5.41, 5.74) is 0.783. The molecule has 5 heteroatoms. The van der Waals surface area contributed by atoms with Crippen LogP contribution in [0.3, 0.4) is 0 Å². The van der Waals surface area contributed by atoms with Gasteiger partial charge in [-0.2, -0.15) is 0 Å². The molecule has 2 rings (SSSR count). The van der Waals surface area contributed by atoms with Crippen molar-refractivity contribution in [1.29, 1.82) is 0 Å². The summed E-state index contributed by atoms with van der Waals surface area (Å²) >= 11 is 0. The molecule has 0 radical (unpaired) electrons. The van der Waals surface area contributed by atoms with Crippen LogP contribution in [0, 0.1) is 5.92 Å². The number of nitrogens with one attached hydrogen (secondary N) is 1. The molecule has 1 aromatic rings. The number of aromatic nitrogens is 2. The van der Waals surface area contributed by atoms with Crippen molar-refractivity contribution in [3.63, 3.8) is 0 Å². The molecular weight excluding hydrogens is 220 g/mol. The van der Waals surface area contributed by atoms with Gasteiger partial charge in [-0.1, -0.05) is 6.92 Å². The fraction of sp³-hybridized carbons (Fsp3) is 0.667. The molecule has 1 aliphatic carbocycles. The molecule has 94 valence electrons. The summed E-state index contributed by atoms with van der Waals surface area (Å²) in [6.45, 7) is 4.22. The van der Waals surface area contributed by atoms with Crippen molar-refractivity contribution in [1.82, 2.24) is 9.78 Å². The van der Waals surface area contributed by atoms with Gasteiger partial charge in [-0.05, 0) is 25.7 Å². The Bertz CT molecular complexity index is 461. The van der Waals surface area contributed by atoms with Gasteiger partial charge in [-0.15, -0.1) is 0 Å². The van der Waals surface area contributed by atoms with E-state index in [4.69, 9.17) is 4.74 Å². The quantitative estimate of drug-likeness (QED) is 0.803. The third kappa shape index (κ3) is 2.43. The summed E-state index contributed by atoms with van der Waals surface area (Å²) in [7, 11) is 0. The van der Waals surface area contributed by atoms with Gasteiger partial charge in [0.05, 0.1) is 6.61 Å². The van der Waals surface area contributed by atoms with Crippen molar-refractivity contribution >= 4 is 5.97 Å². The van der Waals surface area contributed by atoms with Gasteiger partial charge in [0, 0.05) is 17.7 Å². The average Bonchev–Trinajstić information content (AvgIpc) is 2.58. The van der Waals surface area contributed by atoms with E-state index in [9.17, 15) is 9.59 Å². The number of hydrogen-bond acceptors (Lipinski definition) is 3. The molecule has 1 heterocycles. The largest absolute Gasteiger partial charge is 0.465 e. The summed E-state index contributed by atoms with van der Waals surface area (Å²) in [6, 6.07) is 1.60. The maximum atomic E-state index is 11.7. The Balaban J connectivity index is 2.08. The molecule has 5 nitrogen and oxygen atoms in total. The fourth-order valence-electron chi connectivity index (χ4n) is 2.23. The predicted molar refractivity (Wildman–Crippen MR) is 62.8 cm³/mol. The Morgan fingerprint density at radius 1 is 1.59 bits per heavy atom. The van der Waals surface area contributed by atoms with Gasteiger partial charge >= 0.3 is 5.97 Å². The second-order valence-corrected chi connectivity index (χ2v) is 4.60. The molecule has 0 aromatic carbocycles. The van der Waals surface area contributed by atoms with Crippen LogP contribution >= 0.6 is 0 Å². The predicted octanol–water partition coefficient (Wildman–Crippen LogP) is 1.25. The van der Waals surface area contributed by atoms with E-state index >= 15 is 0 Å². The van der Waals surface area contributed by atoms with Gasteiger partial charge in [-0.25, -0.2) is 4.68 Å². The molecule has 1 saturated carbocycles. The van der Waals surface area contributed by atoms with Crippen LogP contribution in [0.4, 0.5) is 0 Å². The van der Waals surface area contributed by atoms with E-state index in [0.29, 0.717) is 18.4 Å². The first-order valence-electron chi connectivity index (χ1n) is 6.07. The van der Waals surface area contributed by atoms with Crippen molar-refractivity contribution in [3.05, 3.63) is 22.1 Å². The number of rotatable bonds is 4. The average molecular weight is 238 g/mol. The monoisotopic (exact) mass is 238 g/mol. The van der Waals surface area contributed by atoms with E-state index < -0.39 is 0 Å². The maximum absolute atomic E-state index is 11.7. The lowest BCUT2D eigenvalue weighted by Crippen LogP contribution is -2.23. The van der Waals surface area contributed by atoms with Crippen molar-refractivity contribution in [2.75, 3.05) is 6.61 Å². The minimum atomic E-state index is -0.385. The number of hydrogen-bond donors (Lipinski definition) is 1. The van der Waals surface area contributed by atoms with Crippen molar-refractivity contribution in [2.45, 2.75) is 39.2 Å². The fourth-order valence-corrected chi connectivity index (χ4v) is 2.23. The highest BCUT2D eigenvalue weighted by atomic mass is 16.5. The van der Waals surface area contributed by atoms with Crippen LogP contribution < -0.4 is 5.56 Å². The maximum Gasteiger partial charge on any atom is 0.327 e. The highest BCUT2D eigenvalue weighted by molar-refractivity contribution is 5.68. The number of carbonyl (C=O) groups is 1. The number of H-pyrrole nitrogens is 1. The van der Waals surface area contributed by atoms with Gasteiger partial charge in [0.15, 0.2) is 0 Å². The summed E-state index contributed by atoms with van der Waals surface area (Å²) in [5, 5.41) is 3.01. The standard InChI is InChI=1S/C12H18N2O3/c1-3-17-12(16)7-14-11(15)6-10(13-14)9-5-4-8(9)2/h6,8-9,13H,3-5,7H2,1-2H3/t8-,9+/m1/s1. The van der Waals surface area contributed by atoms with Crippen molar-refractivity contribution in [3.8, 4) is 0 Å². The zero-order chi connectivity index (χ0) is 12.4. The smallest absolute Gasteiger partial charge is 0.327 e. The summed E-state index contributed by atoms with van der Waals surface area (Å²) in [6.07, 6.45) is 2.32. The number of carbonyl (C=O) groups excluding carboxylic acids is 1. The Labute approximate surface area is 99.8 Å². The van der Waals surface area contributed by atoms with Crippen LogP contribution in [0.25, 0.3) is 0 Å². The van der Waals surface area contributed by atoms with E-state index in [2.05, 4.69) is 12.0 Å². The highest BCUT2D eigenvalue weighted by Gasteiger charge is 2.30. The molecule has 1 aromatic heterocycles. The SMILES string of the molecule is CCOC(=O)Cn1[nH]c([C@H]2CC[C@H]2C)cc1=O. The second-order valence-electron chi connectivity index (χ2n) is 4.60. The Hall–Kier alpha value is -1.52. The molecule has 1 aliphatic rings. The van der Waals surface area contributed by atoms with E-state index in [-0.39, 0.29) is 18.1 Å². The highest BCUT2D eigenvalue weighted by Crippen LogP contribution is 2.40.